The second-order valence-corrected chi connectivity index (χ2v) is 0.750. The largest absolute Gasteiger partial charge is 3.00 e. The van der Waals surface area contributed by atoms with E-state index < -0.39 is 18.5 Å². The van der Waals surface area contributed by atoms with Crippen LogP contribution in [0.2, 0.25) is 0 Å². The predicted molar refractivity (Wildman–Crippen MR) is 23.4 cm³/mol. The Balaban J connectivity index is -0.0000000135. The molecule has 13 heteroatoms. The molecular weight excluding hydrogens is 542 g/mol. The molecule has 0 rings (SSSR count). The molecule has 0 unspecified atom stereocenters. The van der Waals surface area contributed by atoms with Gasteiger partial charge in [-0.05, 0) is 18.5 Å². The first-order chi connectivity index (χ1) is 5.20. The fourth-order valence-corrected chi connectivity index (χ4v) is 0. The summed E-state index contributed by atoms with van der Waals surface area (Å²) in [4.78, 5) is 25.0. The van der Waals surface area contributed by atoms with E-state index in [0.717, 1.165) is 0 Å². The van der Waals surface area contributed by atoms with E-state index in [1.807, 2.05) is 0 Å². The molecule has 0 amide bonds. The van der Waals surface area contributed by atoms with Gasteiger partial charge in [-0.15, -0.1) is 0 Å². The Morgan fingerprint density at radius 3 is 0.500 bits per heavy atom. The Morgan fingerprint density at radius 2 is 0.500 bits per heavy atom. The molecule has 0 saturated carbocycles. The molecule has 104 valence electrons. The first-order valence-electron chi connectivity index (χ1n) is 1.84. The number of carbonyl (C=O) groups is 3. The van der Waals surface area contributed by atoms with E-state index in [0.29, 0.717) is 0 Å². The van der Waals surface area contributed by atoms with Gasteiger partial charge in [-0.1, -0.05) is 0 Å². The molecule has 0 bridgehead atoms. The first-order valence-corrected chi connectivity index (χ1v) is 1.84. The second-order valence-electron chi connectivity index (χ2n) is 0.750. The fraction of sp³-hybridized carbons (Fsp3) is 0. The zero-order valence-electron chi connectivity index (χ0n) is 6.78. The smallest absolute Gasteiger partial charge is 0.652 e. The molecule has 0 spiro atoms. The molecule has 0 saturated heterocycles. The monoisotopic (exact) mass is 546 g/mol. The summed E-state index contributed by atoms with van der Waals surface area (Å²) in [6, 6.07) is 0. The van der Waals surface area contributed by atoms with Gasteiger partial charge in [0.15, 0.2) is 0 Å². The molecule has 0 heterocycles. The SMILES string of the molecule is O.O.O=C([O-])[O-].O=C([O-])[O-].O=C([O-])[O-].[Ho+3].[Ho+3]. The zero-order chi connectivity index (χ0) is 10.7. The zero-order valence-corrected chi connectivity index (χ0v) is 10.6. The number of hydrogen-bond acceptors (Lipinski definition) is 9. The van der Waals surface area contributed by atoms with Crippen molar-refractivity contribution < 1.29 is 131 Å². The Labute approximate surface area is 148 Å². The number of hydrogen-bond donors (Lipinski definition) is 0. The van der Waals surface area contributed by atoms with Crippen molar-refractivity contribution in [1.29, 1.82) is 0 Å². The molecule has 0 atom stereocenters. The van der Waals surface area contributed by atoms with Crippen molar-refractivity contribution in [3.05, 3.63) is 0 Å². The molecule has 0 aromatic heterocycles. The summed E-state index contributed by atoms with van der Waals surface area (Å²) in [5.41, 5.74) is 0. The first kappa shape index (κ1) is 44.2. The molecule has 0 aliphatic carbocycles. The van der Waals surface area contributed by atoms with E-state index in [4.69, 9.17) is 45.0 Å². The van der Waals surface area contributed by atoms with Crippen molar-refractivity contribution in [2.24, 2.45) is 0 Å². The Kier molecular flexibility index (Phi) is 99.9. The Morgan fingerprint density at radius 1 is 0.500 bits per heavy atom. The van der Waals surface area contributed by atoms with Gasteiger partial charge >= 0.3 is 75.5 Å². The van der Waals surface area contributed by atoms with Crippen LogP contribution in [0, 0.1) is 75.5 Å². The molecule has 0 fully saturated rings. The number of rotatable bonds is 0. The topological polar surface area (TPSA) is 253 Å². The van der Waals surface area contributed by atoms with Gasteiger partial charge in [-0.25, -0.2) is 0 Å². The van der Waals surface area contributed by atoms with Crippen LogP contribution in [0.4, 0.5) is 14.4 Å². The van der Waals surface area contributed by atoms with Crippen LogP contribution in [-0.2, 0) is 0 Å². The van der Waals surface area contributed by atoms with Crippen molar-refractivity contribution in [3.63, 3.8) is 0 Å². The van der Waals surface area contributed by atoms with Gasteiger partial charge in [-0.2, -0.15) is 0 Å². The van der Waals surface area contributed by atoms with Crippen molar-refractivity contribution in [3.8, 4) is 0 Å². The summed E-state index contributed by atoms with van der Waals surface area (Å²) in [7, 11) is 0. The van der Waals surface area contributed by atoms with Gasteiger partial charge < -0.3 is 56.0 Å². The number of carbonyl (C=O) groups excluding carboxylic acids is 3. The summed E-state index contributed by atoms with van der Waals surface area (Å²) in [5.74, 6) is 0. The normalized spacial score (nSPS) is 4.50. The Bertz CT molecular complexity index is 117. The summed E-state index contributed by atoms with van der Waals surface area (Å²) < 4.78 is 0. The molecule has 0 radical (unpaired) electrons. The third-order valence-corrected chi connectivity index (χ3v) is 0. The average Bonchev–Trinajstić information content (AvgIpc) is 1.54. The maximum Gasteiger partial charge on any atom is 3.00 e. The maximum absolute atomic E-state index is 8.33. The molecule has 0 aliphatic rings. The molecule has 11 nitrogen and oxygen atoms in total. The molecular formula is C3H4Ho2O11. The minimum absolute atomic E-state index is 0. The van der Waals surface area contributed by atoms with Crippen LogP contribution in [0.3, 0.4) is 0 Å². The van der Waals surface area contributed by atoms with Gasteiger partial charge in [0.25, 0.3) is 0 Å². The predicted octanol–water partition coefficient (Wildman–Crippen LogP) is -8.99. The molecule has 4 N–H and O–H groups in total. The molecule has 16 heavy (non-hydrogen) atoms. The van der Waals surface area contributed by atoms with Crippen LogP contribution < -0.4 is 30.6 Å². The van der Waals surface area contributed by atoms with Crippen LogP contribution >= 0.6 is 0 Å². The van der Waals surface area contributed by atoms with E-state index >= 15 is 0 Å². The minimum atomic E-state index is -2.33. The second kappa shape index (κ2) is 36.2. The van der Waals surface area contributed by atoms with Gasteiger partial charge in [0, 0.05) is 0 Å². The van der Waals surface area contributed by atoms with Crippen molar-refractivity contribution >= 4 is 18.5 Å². The van der Waals surface area contributed by atoms with Crippen LogP contribution in [0.1, 0.15) is 0 Å². The van der Waals surface area contributed by atoms with Crippen molar-refractivity contribution in [1.82, 2.24) is 0 Å². The van der Waals surface area contributed by atoms with Gasteiger partial charge in [0.2, 0.25) is 0 Å². The van der Waals surface area contributed by atoms with Crippen LogP contribution in [0.15, 0.2) is 0 Å². The summed E-state index contributed by atoms with van der Waals surface area (Å²) in [6.07, 6.45) is -7.00. The van der Waals surface area contributed by atoms with Crippen LogP contribution in [-0.4, -0.2) is 29.4 Å². The quantitative estimate of drug-likeness (QED) is 0.261. The van der Waals surface area contributed by atoms with Gasteiger partial charge in [0.1, 0.15) is 0 Å². The standard InChI is InChI=1S/3CH2O3.2Ho.2H2O/c3*2-1(3)4;;;;/h3*(H2,2,3,4);;;2*1H2/q;;;2*+3;;/p-6. The average molecular weight is 546 g/mol. The summed E-state index contributed by atoms with van der Waals surface area (Å²) >= 11 is 0. The third kappa shape index (κ3) is 40200. The van der Waals surface area contributed by atoms with E-state index in [2.05, 4.69) is 0 Å². The van der Waals surface area contributed by atoms with E-state index in [9.17, 15) is 0 Å². The molecule has 0 aromatic rings. The summed E-state index contributed by atoms with van der Waals surface area (Å²) in [6.45, 7) is 0. The van der Waals surface area contributed by atoms with Gasteiger partial charge in [0.05, 0.1) is 0 Å². The fourth-order valence-electron chi connectivity index (χ4n) is 0. The van der Waals surface area contributed by atoms with Crippen LogP contribution in [0.5, 0.6) is 0 Å². The summed E-state index contributed by atoms with van der Waals surface area (Å²) in [5, 5.41) is 50.0. The maximum atomic E-state index is 8.33. The Hall–Kier alpha value is 0.249. The van der Waals surface area contributed by atoms with Crippen molar-refractivity contribution in [2.75, 3.05) is 0 Å². The van der Waals surface area contributed by atoms with E-state index in [-0.39, 0.29) is 86.4 Å². The number of carboxylic acid groups (broad SMARTS) is 6. The van der Waals surface area contributed by atoms with Crippen LogP contribution in [0.25, 0.3) is 0 Å². The third-order valence-electron chi connectivity index (χ3n) is 0. The molecule has 0 aromatic carbocycles. The van der Waals surface area contributed by atoms with E-state index in [1.165, 1.54) is 0 Å². The minimum Gasteiger partial charge on any atom is -0.652 e. The van der Waals surface area contributed by atoms with Gasteiger partial charge in [-0.3, -0.25) is 0 Å². The molecule has 0 aliphatic heterocycles. The van der Waals surface area contributed by atoms with E-state index in [1.54, 1.807) is 0 Å². The van der Waals surface area contributed by atoms with Crippen molar-refractivity contribution in [2.45, 2.75) is 0 Å².